The molecule has 1 aliphatic heterocycles. The molecule has 0 aliphatic carbocycles. The molecule has 1 aromatic carbocycles. The van der Waals surface area contributed by atoms with Crippen LogP contribution in [-0.4, -0.2) is 30.3 Å². The fraction of sp³-hybridized carbons (Fsp3) is 0.357. The minimum Gasteiger partial charge on any atom is -0.308 e. The normalized spacial score (nSPS) is 20.0. The number of hydrogen-bond acceptors (Lipinski definition) is 5. The van der Waals surface area contributed by atoms with Crippen molar-refractivity contribution in [3.05, 3.63) is 30.3 Å². The van der Waals surface area contributed by atoms with Gasteiger partial charge in [0.15, 0.2) is 0 Å². The second kappa shape index (κ2) is 5.25. The Morgan fingerprint density at radius 3 is 2.81 bits per heavy atom. The Kier molecular flexibility index (Phi) is 3.56. The van der Waals surface area contributed by atoms with Crippen LogP contribution in [0.2, 0.25) is 0 Å². The highest BCUT2D eigenvalue weighted by atomic mass is 32.2. The molecule has 0 amide bonds. The van der Waals surface area contributed by atoms with Crippen molar-refractivity contribution in [2.75, 3.05) is 12.0 Å². The van der Waals surface area contributed by atoms with E-state index in [9.17, 15) is 8.42 Å². The number of benzene rings is 1. The average molecular weight is 306 g/mol. The number of nitrogens with zero attached hydrogens (tertiary/aromatic N) is 2. The van der Waals surface area contributed by atoms with Gasteiger partial charge in [-0.25, -0.2) is 19.2 Å². The van der Waals surface area contributed by atoms with E-state index in [1.165, 1.54) is 0 Å². The molecular weight excluding hydrogens is 288 g/mol. The average Bonchev–Trinajstić information content (AvgIpc) is 2.93. The van der Waals surface area contributed by atoms with Crippen LogP contribution in [0, 0.1) is 0 Å². The maximum Gasteiger partial charge on any atom is 0.243 e. The lowest BCUT2D eigenvalue weighted by Crippen LogP contribution is -2.33. The van der Waals surface area contributed by atoms with Crippen molar-refractivity contribution in [3.63, 3.8) is 0 Å². The van der Waals surface area contributed by atoms with Crippen LogP contribution in [-0.2, 0) is 10.0 Å². The fourth-order valence-corrected chi connectivity index (χ4v) is 4.48. The van der Waals surface area contributed by atoms with Gasteiger partial charge in [-0.1, -0.05) is 0 Å². The molecule has 1 aromatic heterocycles. The lowest BCUT2D eigenvalue weighted by Gasteiger charge is -2.21. The van der Waals surface area contributed by atoms with Crippen LogP contribution in [0.1, 0.15) is 19.8 Å². The third kappa shape index (κ3) is 2.48. The van der Waals surface area contributed by atoms with Crippen molar-refractivity contribution < 1.29 is 8.42 Å². The number of nitrogen functional groups attached to an aromatic ring is 1. The van der Waals surface area contributed by atoms with Gasteiger partial charge in [-0.05, 0) is 50.1 Å². The second-order valence-electron chi connectivity index (χ2n) is 5.30. The van der Waals surface area contributed by atoms with Crippen molar-refractivity contribution in [3.8, 4) is 0 Å². The summed E-state index contributed by atoms with van der Waals surface area (Å²) in [7, 11) is -3.43. The number of fused-ring (bicyclic) bond motifs is 1. The van der Waals surface area contributed by atoms with Gasteiger partial charge < -0.3 is 5.43 Å². The first kappa shape index (κ1) is 14.2. The van der Waals surface area contributed by atoms with E-state index in [0.29, 0.717) is 22.8 Å². The number of sulfonamides is 1. The number of hydrogen-bond donors (Lipinski definition) is 2. The number of nitrogens with two attached hydrogens (primary N) is 1. The Labute approximate surface area is 124 Å². The molecule has 1 aliphatic rings. The molecule has 0 bridgehead atoms. The first-order valence-corrected chi connectivity index (χ1v) is 8.35. The summed E-state index contributed by atoms with van der Waals surface area (Å²) in [6.45, 7) is 2.54. The Morgan fingerprint density at radius 2 is 2.14 bits per heavy atom. The topological polar surface area (TPSA) is 88.3 Å². The predicted octanol–water partition coefficient (Wildman–Crippen LogP) is 1.69. The molecule has 2 aromatic rings. The van der Waals surface area contributed by atoms with Crippen LogP contribution in [0.25, 0.3) is 10.9 Å². The number of nitrogens with one attached hydrogen (secondary N) is 1. The number of rotatable bonds is 3. The Balaban J connectivity index is 2.04. The molecule has 3 N–H and O–H groups in total. The Hall–Kier alpha value is -1.70. The highest BCUT2D eigenvalue weighted by Gasteiger charge is 2.32. The molecule has 0 saturated carbocycles. The van der Waals surface area contributed by atoms with Crippen LogP contribution < -0.4 is 11.3 Å². The summed E-state index contributed by atoms with van der Waals surface area (Å²) in [6.07, 6.45) is 1.83. The van der Waals surface area contributed by atoms with Crippen molar-refractivity contribution in [2.24, 2.45) is 5.84 Å². The lowest BCUT2D eigenvalue weighted by molar-refractivity contribution is 0.408. The highest BCUT2D eigenvalue weighted by molar-refractivity contribution is 7.89. The second-order valence-corrected chi connectivity index (χ2v) is 7.19. The van der Waals surface area contributed by atoms with Crippen LogP contribution >= 0.6 is 0 Å². The van der Waals surface area contributed by atoms with Crippen molar-refractivity contribution in [1.29, 1.82) is 0 Å². The largest absolute Gasteiger partial charge is 0.308 e. The van der Waals surface area contributed by atoms with E-state index in [0.717, 1.165) is 18.2 Å². The number of hydrazine groups is 1. The number of aromatic nitrogens is 1. The molecule has 6 nitrogen and oxygen atoms in total. The van der Waals surface area contributed by atoms with E-state index in [4.69, 9.17) is 5.84 Å². The molecule has 0 spiro atoms. The summed E-state index contributed by atoms with van der Waals surface area (Å²) in [6, 6.07) is 8.58. The monoisotopic (exact) mass is 306 g/mol. The zero-order valence-electron chi connectivity index (χ0n) is 11.8. The van der Waals surface area contributed by atoms with Crippen molar-refractivity contribution >= 4 is 26.7 Å². The third-order valence-electron chi connectivity index (χ3n) is 3.91. The van der Waals surface area contributed by atoms with Crippen molar-refractivity contribution in [2.45, 2.75) is 30.7 Å². The molecular formula is C14H18N4O2S. The van der Waals surface area contributed by atoms with Gasteiger partial charge >= 0.3 is 0 Å². The molecule has 1 saturated heterocycles. The smallest absolute Gasteiger partial charge is 0.243 e. The summed E-state index contributed by atoms with van der Waals surface area (Å²) in [5.41, 5.74) is 3.18. The van der Waals surface area contributed by atoms with Crippen LogP contribution in [0.5, 0.6) is 0 Å². The zero-order valence-corrected chi connectivity index (χ0v) is 12.6. The lowest BCUT2D eigenvalue weighted by atomic mass is 10.2. The van der Waals surface area contributed by atoms with E-state index < -0.39 is 10.0 Å². The first-order chi connectivity index (χ1) is 10.0. The van der Waals surface area contributed by atoms with Crippen LogP contribution in [0.3, 0.4) is 0 Å². The maximum atomic E-state index is 12.7. The summed E-state index contributed by atoms with van der Waals surface area (Å²) in [5, 5.41) is 0.780. The van der Waals surface area contributed by atoms with Gasteiger partial charge in [0.25, 0.3) is 0 Å². The number of anilines is 1. The quantitative estimate of drug-likeness (QED) is 0.665. The van der Waals surface area contributed by atoms with E-state index in [1.54, 1.807) is 28.6 Å². The van der Waals surface area contributed by atoms with Gasteiger partial charge in [0, 0.05) is 18.0 Å². The van der Waals surface area contributed by atoms with Gasteiger partial charge in [-0.2, -0.15) is 4.31 Å². The summed E-state index contributed by atoms with van der Waals surface area (Å²) >= 11 is 0. The highest BCUT2D eigenvalue weighted by Crippen LogP contribution is 2.27. The Bertz CT molecular complexity index is 776. The fourth-order valence-electron chi connectivity index (χ4n) is 2.74. The SMILES string of the molecule is CC1CCCN1S(=O)(=O)c1ccc2nc(NN)ccc2c1. The van der Waals surface area contributed by atoms with Gasteiger partial charge in [0.2, 0.25) is 10.0 Å². The minimum absolute atomic E-state index is 0.0626. The van der Waals surface area contributed by atoms with E-state index in [2.05, 4.69) is 10.4 Å². The predicted molar refractivity (Wildman–Crippen MR) is 82.1 cm³/mol. The summed E-state index contributed by atoms with van der Waals surface area (Å²) in [4.78, 5) is 4.60. The Morgan fingerprint density at radius 1 is 1.33 bits per heavy atom. The van der Waals surface area contributed by atoms with Gasteiger partial charge in [0.1, 0.15) is 5.82 Å². The van der Waals surface area contributed by atoms with Crippen molar-refractivity contribution in [1.82, 2.24) is 9.29 Å². The molecule has 0 radical (unpaired) electrons. The van der Waals surface area contributed by atoms with E-state index >= 15 is 0 Å². The zero-order chi connectivity index (χ0) is 15.0. The maximum absolute atomic E-state index is 12.7. The molecule has 2 heterocycles. The summed E-state index contributed by atoms with van der Waals surface area (Å²) < 4.78 is 27.0. The van der Waals surface area contributed by atoms with E-state index in [-0.39, 0.29) is 6.04 Å². The van der Waals surface area contributed by atoms with E-state index in [1.807, 2.05) is 13.0 Å². The molecule has 1 atom stereocenters. The molecule has 1 fully saturated rings. The van der Waals surface area contributed by atoms with Crippen LogP contribution in [0.4, 0.5) is 5.82 Å². The van der Waals surface area contributed by atoms with Gasteiger partial charge in [-0.15, -0.1) is 0 Å². The standard InChI is InChI=1S/C14H18N4O2S/c1-10-3-2-8-18(10)21(19,20)12-5-6-13-11(9-12)4-7-14(16-13)17-15/h4-7,9-10H,2-3,8,15H2,1H3,(H,16,17). The molecule has 1 unspecified atom stereocenters. The first-order valence-electron chi connectivity index (χ1n) is 6.91. The van der Waals surface area contributed by atoms with Gasteiger partial charge in [-0.3, -0.25) is 0 Å². The van der Waals surface area contributed by atoms with Gasteiger partial charge in [0.05, 0.1) is 10.4 Å². The van der Waals surface area contributed by atoms with Crippen LogP contribution in [0.15, 0.2) is 35.2 Å². The minimum atomic E-state index is -3.43. The molecule has 21 heavy (non-hydrogen) atoms. The summed E-state index contributed by atoms with van der Waals surface area (Å²) in [5.74, 6) is 5.87. The number of pyridine rings is 1. The molecule has 3 rings (SSSR count). The molecule has 7 heteroatoms. The third-order valence-corrected chi connectivity index (χ3v) is 5.92. The molecule has 112 valence electrons.